The summed E-state index contributed by atoms with van der Waals surface area (Å²) < 4.78 is 5.43. The van der Waals surface area contributed by atoms with Crippen LogP contribution >= 0.6 is 11.8 Å². The van der Waals surface area contributed by atoms with Crippen molar-refractivity contribution in [1.82, 2.24) is 5.32 Å². The number of thioether (sulfide) groups is 1. The molecule has 1 atom stereocenters. The highest BCUT2D eigenvalue weighted by molar-refractivity contribution is 8.00. The van der Waals surface area contributed by atoms with Crippen LogP contribution in [0.3, 0.4) is 0 Å². The van der Waals surface area contributed by atoms with E-state index in [1.54, 1.807) is 11.8 Å². The molecule has 0 bridgehead atoms. The Labute approximate surface area is 142 Å². The SMILES string of the molecule is CCOc1ccc(C(C)NC(=O)CSc2ccccc2C)cc1. The molecule has 0 fully saturated rings. The summed E-state index contributed by atoms with van der Waals surface area (Å²) in [6.07, 6.45) is 0. The van der Waals surface area contributed by atoms with Crippen LogP contribution in [0, 0.1) is 6.92 Å². The van der Waals surface area contributed by atoms with Crippen molar-refractivity contribution < 1.29 is 9.53 Å². The molecule has 0 radical (unpaired) electrons. The Balaban J connectivity index is 1.85. The van der Waals surface area contributed by atoms with E-state index in [4.69, 9.17) is 4.74 Å². The topological polar surface area (TPSA) is 38.3 Å². The minimum atomic E-state index is -0.0179. The van der Waals surface area contributed by atoms with Crippen LogP contribution in [0.15, 0.2) is 53.4 Å². The maximum atomic E-state index is 12.1. The average molecular weight is 329 g/mol. The zero-order chi connectivity index (χ0) is 16.7. The van der Waals surface area contributed by atoms with Gasteiger partial charge in [-0.3, -0.25) is 4.79 Å². The summed E-state index contributed by atoms with van der Waals surface area (Å²) in [6, 6.07) is 15.9. The minimum Gasteiger partial charge on any atom is -0.494 e. The van der Waals surface area contributed by atoms with Crippen molar-refractivity contribution in [2.24, 2.45) is 0 Å². The number of carbonyl (C=O) groups excluding carboxylic acids is 1. The third-order valence-corrected chi connectivity index (χ3v) is 4.70. The molecule has 23 heavy (non-hydrogen) atoms. The largest absolute Gasteiger partial charge is 0.494 e. The van der Waals surface area contributed by atoms with Crippen LogP contribution in [0.1, 0.15) is 31.0 Å². The van der Waals surface area contributed by atoms with Crippen molar-refractivity contribution in [3.05, 3.63) is 59.7 Å². The summed E-state index contributed by atoms with van der Waals surface area (Å²) >= 11 is 1.57. The van der Waals surface area contributed by atoms with Gasteiger partial charge in [-0.1, -0.05) is 30.3 Å². The van der Waals surface area contributed by atoms with E-state index in [1.165, 1.54) is 5.56 Å². The molecule has 0 aliphatic rings. The fourth-order valence-electron chi connectivity index (χ4n) is 2.25. The monoisotopic (exact) mass is 329 g/mol. The van der Waals surface area contributed by atoms with Gasteiger partial charge in [-0.05, 0) is 50.1 Å². The Morgan fingerprint density at radius 2 is 1.87 bits per heavy atom. The molecule has 0 aromatic heterocycles. The molecule has 1 N–H and O–H groups in total. The standard InChI is InChI=1S/C19H23NO2S/c1-4-22-17-11-9-16(10-12-17)15(3)20-19(21)13-23-18-8-6-5-7-14(18)2/h5-12,15H,4,13H2,1-3H3,(H,20,21). The van der Waals surface area contributed by atoms with Gasteiger partial charge in [-0.2, -0.15) is 0 Å². The summed E-state index contributed by atoms with van der Waals surface area (Å²) in [5.41, 5.74) is 2.27. The van der Waals surface area contributed by atoms with Gasteiger partial charge in [0.25, 0.3) is 0 Å². The normalized spacial score (nSPS) is 11.8. The number of hydrogen-bond acceptors (Lipinski definition) is 3. The van der Waals surface area contributed by atoms with Crippen molar-refractivity contribution in [3.63, 3.8) is 0 Å². The lowest BCUT2D eigenvalue weighted by Crippen LogP contribution is -2.28. The molecule has 4 heteroatoms. The van der Waals surface area contributed by atoms with E-state index in [2.05, 4.69) is 18.3 Å². The van der Waals surface area contributed by atoms with Crippen LogP contribution in [-0.2, 0) is 4.79 Å². The molecule has 0 aliphatic carbocycles. The van der Waals surface area contributed by atoms with E-state index in [-0.39, 0.29) is 11.9 Å². The number of rotatable bonds is 7. The lowest BCUT2D eigenvalue weighted by Gasteiger charge is -2.15. The maximum absolute atomic E-state index is 12.1. The molecule has 0 heterocycles. The van der Waals surface area contributed by atoms with E-state index >= 15 is 0 Å². The maximum Gasteiger partial charge on any atom is 0.230 e. The lowest BCUT2D eigenvalue weighted by molar-refractivity contribution is -0.119. The number of nitrogens with one attached hydrogen (secondary N) is 1. The summed E-state index contributed by atoms with van der Waals surface area (Å²) in [5, 5.41) is 3.04. The number of ether oxygens (including phenoxy) is 1. The second-order valence-electron chi connectivity index (χ2n) is 5.35. The third kappa shape index (κ3) is 5.32. The molecule has 1 unspecified atom stereocenters. The van der Waals surface area contributed by atoms with E-state index in [0.29, 0.717) is 12.4 Å². The van der Waals surface area contributed by atoms with Crippen molar-refractivity contribution >= 4 is 17.7 Å². The highest BCUT2D eigenvalue weighted by Crippen LogP contribution is 2.22. The average Bonchev–Trinajstić information content (AvgIpc) is 2.55. The van der Waals surface area contributed by atoms with E-state index in [9.17, 15) is 4.79 Å². The van der Waals surface area contributed by atoms with Crippen LogP contribution in [0.2, 0.25) is 0 Å². The lowest BCUT2D eigenvalue weighted by atomic mass is 10.1. The van der Waals surface area contributed by atoms with Gasteiger partial charge in [0.15, 0.2) is 0 Å². The van der Waals surface area contributed by atoms with Crippen LogP contribution in [0.25, 0.3) is 0 Å². The number of amides is 1. The van der Waals surface area contributed by atoms with Gasteiger partial charge >= 0.3 is 0 Å². The predicted octanol–water partition coefficient (Wildman–Crippen LogP) is 4.36. The molecule has 0 saturated carbocycles. The second-order valence-corrected chi connectivity index (χ2v) is 6.36. The number of aryl methyl sites for hydroxylation is 1. The highest BCUT2D eigenvalue weighted by Gasteiger charge is 2.10. The molecule has 2 aromatic rings. The zero-order valence-electron chi connectivity index (χ0n) is 13.8. The molecular weight excluding hydrogens is 306 g/mol. The third-order valence-electron chi connectivity index (χ3n) is 3.52. The summed E-state index contributed by atoms with van der Waals surface area (Å²) in [6.45, 7) is 6.67. The molecule has 3 nitrogen and oxygen atoms in total. The Kier molecular flexibility index (Phi) is 6.53. The van der Waals surface area contributed by atoms with Crippen molar-refractivity contribution in [1.29, 1.82) is 0 Å². The van der Waals surface area contributed by atoms with Gasteiger partial charge in [0.05, 0.1) is 18.4 Å². The first-order valence-corrected chi connectivity index (χ1v) is 8.79. The number of carbonyl (C=O) groups is 1. The van der Waals surface area contributed by atoms with Crippen LogP contribution < -0.4 is 10.1 Å². The fourth-order valence-corrected chi connectivity index (χ4v) is 3.09. The smallest absolute Gasteiger partial charge is 0.230 e. The van der Waals surface area contributed by atoms with Crippen molar-refractivity contribution in [3.8, 4) is 5.75 Å². The van der Waals surface area contributed by atoms with Gasteiger partial charge in [-0.15, -0.1) is 11.8 Å². The molecular formula is C19H23NO2S. The van der Waals surface area contributed by atoms with E-state index < -0.39 is 0 Å². The zero-order valence-corrected chi connectivity index (χ0v) is 14.7. The Bertz CT molecular complexity index is 640. The molecule has 122 valence electrons. The fraction of sp³-hybridized carbons (Fsp3) is 0.316. The minimum absolute atomic E-state index is 0.0179. The molecule has 0 spiro atoms. The predicted molar refractivity (Wildman–Crippen MR) is 96.1 cm³/mol. The second kappa shape index (κ2) is 8.63. The Hall–Kier alpha value is -1.94. The molecule has 2 rings (SSSR count). The molecule has 2 aromatic carbocycles. The summed E-state index contributed by atoms with van der Waals surface area (Å²) in [4.78, 5) is 13.3. The van der Waals surface area contributed by atoms with Crippen molar-refractivity contribution in [2.45, 2.75) is 31.7 Å². The Morgan fingerprint density at radius 3 is 2.52 bits per heavy atom. The van der Waals surface area contributed by atoms with Crippen molar-refractivity contribution in [2.75, 3.05) is 12.4 Å². The number of hydrogen-bond donors (Lipinski definition) is 1. The van der Waals surface area contributed by atoms with Gasteiger partial charge in [0.2, 0.25) is 5.91 Å². The first-order chi connectivity index (χ1) is 11.1. The van der Waals surface area contributed by atoms with Gasteiger partial charge in [-0.25, -0.2) is 0 Å². The number of benzene rings is 2. The Morgan fingerprint density at radius 1 is 1.17 bits per heavy atom. The first-order valence-electron chi connectivity index (χ1n) is 7.80. The van der Waals surface area contributed by atoms with Gasteiger partial charge in [0, 0.05) is 4.90 Å². The molecule has 0 aliphatic heterocycles. The molecule has 1 amide bonds. The van der Waals surface area contributed by atoms with E-state index in [0.717, 1.165) is 16.2 Å². The van der Waals surface area contributed by atoms with Gasteiger partial charge in [0.1, 0.15) is 5.75 Å². The van der Waals surface area contributed by atoms with Crippen LogP contribution in [0.5, 0.6) is 5.75 Å². The summed E-state index contributed by atoms with van der Waals surface area (Å²) in [7, 11) is 0. The first kappa shape index (κ1) is 17.4. The quantitative estimate of drug-likeness (QED) is 0.767. The highest BCUT2D eigenvalue weighted by atomic mass is 32.2. The van der Waals surface area contributed by atoms with Crippen LogP contribution in [0.4, 0.5) is 0 Å². The van der Waals surface area contributed by atoms with Crippen LogP contribution in [-0.4, -0.2) is 18.3 Å². The molecule has 0 saturated heterocycles. The summed E-state index contributed by atoms with van der Waals surface area (Å²) in [5.74, 6) is 1.32. The van der Waals surface area contributed by atoms with Gasteiger partial charge < -0.3 is 10.1 Å². The van der Waals surface area contributed by atoms with E-state index in [1.807, 2.05) is 56.3 Å².